The van der Waals surface area contributed by atoms with Gasteiger partial charge in [0.25, 0.3) is 5.91 Å². The lowest BCUT2D eigenvalue weighted by Crippen LogP contribution is -2.20. The Kier molecular flexibility index (Phi) is 4.87. The summed E-state index contributed by atoms with van der Waals surface area (Å²) in [7, 11) is 0. The molecule has 0 saturated heterocycles. The third-order valence-corrected chi connectivity index (χ3v) is 4.91. The van der Waals surface area contributed by atoms with Crippen LogP contribution in [0.1, 0.15) is 5.82 Å². The molecule has 0 atom stereocenters. The van der Waals surface area contributed by atoms with Crippen LogP contribution in [0.3, 0.4) is 0 Å². The summed E-state index contributed by atoms with van der Waals surface area (Å²) < 4.78 is 6.97. The van der Waals surface area contributed by atoms with Crippen molar-refractivity contribution in [1.29, 1.82) is 0 Å². The summed E-state index contributed by atoms with van der Waals surface area (Å²) in [6.45, 7) is 1.46. The van der Waals surface area contributed by atoms with Crippen LogP contribution in [0.25, 0.3) is 15.5 Å². The van der Waals surface area contributed by atoms with Crippen LogP contribution in [0.4, 0.5) is 11.4 Å². The number of amides is 1. The molecule has 4 rings (SSSR count). The van der Waals surface area contributed by atoms with Crippen molar-refractivity contribution in [3.8, 4) is 16.3 Å². The molecule has 2 aromatic heterocycles. The quantitative estimate of drug-likeness (QED) is 0.382. The lowest BCUT2D eigenvalue weighted by atomic mass is 10.2. The maximum absolute atomic E-state index is 12.2. The highest BCUT2D eigenvalue weighted by Crippen LogP contribution is 2.28. The number of aryl methyl sites for hydroxylation is 1. The third-order valence-electron chi connectivity index (χ3n) is 3.96. The molecule has 0 bridgehead atoms. The van der Waals surface area contributed by atoms with E-state index in [-0.39, 0.29) is 18.0 Å². The molecule has 2 heterocycles. The maximum Gasteiger partial charge on any atom is 0.310 e. The van der Waals surface area contributed by atoms with Crippen LogP contribution in [0.2, 0.25) is 0 Å². The van der Waals surface area contributed by atoms with E-state index in [0.717, 1.165) is 10.6 Å². The van der Waals surface area contributed by atoms with Crippen LogP contribution in [0.15, 0.2) is 48.5 Å². The number of carbonyl (C=O) groups is 1. The Balaban J connectivity index is 1.45. The monoisotopic (exact) mass is 410 g/mol. The number of aromatic nitrogens is 4. The van der Waals surface area contributed by atoms with Gasteiger partial charge in [0.05, 0.1) is 4.92 Å². The zero-order valence-electron chi connectivity index (χ0n) is 15.1. The van der Waals surface area contributed by atoms with E-state index in [2.05, 4.69) is 20.6 Å². The van der Waals surface area contributed by atoms with Crippen LogP contribution in [0.5, 0.6) is 5.75 Å². The molecule has 2 aromatic carbocycles. The van der Waals surface area contributed by atoms with E-state index in [9.17, 15) is 14.9 Å². The summed E-state index contributed by atoms with van der Waals surface area (Å²) in [5.41, 5.74) is 1.18. The Morgan fingerprint density at radius 1 is 1.24 bits per heavy atom. The summed E-state index contributed by atoms with van der Waals surface area (Å²) in [6.07, 6.45) is 0. The number of benzene rings is 2. The minimum Gasteiger partial charge on any atom is -0.477 e. The van der Waals surface area contributed by atoms with Gasteiger partial charge in [0, 0.05) is 17.3 Å². The van der Waals surface area contributed by atoms with Gasteiger partial charge in [0.15, 0.2) is 18.2 Å². The second-order valence-electron chi connectivity index (χ2n) is 5.99. The number of ether oxygens (including phenoxy) is 1. The molecule has 4 aromatic rings. The van der Waals surface area contributed by atoms with E-state index in [1.165, 1.54) is 29.5 Å². The highest BCUT2D eigenvalue weighted by atomic mass is 32.1. The third kappa shape index (κ3) is 3.89. The van der Waals surface area contributed by atoms with Crippen LogP contribution in [-0.2, 0) is 4.79 Å². The average Bonchev–Trinajstić information content (AvgIpc) is 3.29. The first-order chi connectivity index (χ1) is 14.0. The van der Waals surface area contributed by atoms with Crippen molar-refractivity contribution in [2.24, 2.45) is 0 Å². The molecule has 0 radical (unpaired) electrons. The first kappa shape index (κ1) is 18.5. The zero-order chi connectivity index (χ0) is 20.4. The standard InChI is InChI=1S/C18H14N6O4S/c1-11-20-21-18-23(11)22-17(29-18)12-5-4-6-13(9-12)19-16(25)10-28-15-8-3-2-7-14(15)24(26)27/h2-9H,10H2,1H3,(H,19,25). The lowest BCUT2D eigenvalue weighted by Gasteiger charge is -2.08. The van der Waals surface area contributed by atoms with E-state index in [4.69, 9.17) is 4.74 Å². The molecule has 1 amide bonds. The van der Waals surface area contributed by atoms with Gasteiger partial charge in [0.1, 0.15) is 5.01 Å². The molecule has 146 valence electrons. The van der Waals surface area contributed by atoms with E-state index >= 15 is 0 Å². The van der Waals surface area contributed by atoms with Gasteiger partial charge < -0.3 is 10.1 Å². The number of hydrogen-bond donors (Lipinski definition) is 1. The lowest BCUT2D eigenvalue weighted by molar-refractivity contribution is -0.385. The molecule has 10 nitrogen and oxygen atoms in total. The molecular formula is C18H14N6O4S. The summed E-state index contributed by atoms with van der Waals surface area (Å²) in [5, 5.41) is 26.9. The Labute approximate surface area is 167 Å². The minimum atomic E-state index is -0.557. The van der Waals surface area contributed by atoms with Gasteiger partial charge in [-0.1, -0.05) is 35.6 Å². The highest BCUT2D eigenvalue weighted by Gasteiger charge is 2.15. The highest BCUT2D eigenvalue weighted by molar-refractivity contribution is 7.19. The predicted molar refractivity (Wildman–Crippen MR) is 106 cm³/mol. The van der Waals surface area contributed by atoms with Gasteiger partial charge in [-0.15, -0.1) is 10.2 Å². The smallest absolute Gasteiger partial charge is 0.310 e. The van der Waals surface area contributed by atoms with Gasteiger partial charge in [-0.25, -0.2) is 0 Å². The van der Waals surface area contributed by atoms with Gasteiger partial charge in [-0.2, -0.15) is 9.61 Å². The number of para-hydroxylation sites is 2. The molecule has 29 heavy (non-hydrogen) atoms. The first-order valence-corrected chi connectivity index (χ1v) is 9.28. The first-order valence-electron chi connectivity index (χ1n) is 8.46. The number of nitro benzene ring substituents is 1. The Morgan fingerprint density at radius 2 is 2.07 bits per heavy atom. The summed E-state index contributed by atoms with van der Waals surface area (Å²) >= 11 is 1.39. The van der Waals surface area contributed by atoms with Crippen molar-refractivity contribution >= 4 is 33.6 Å². The van der Waals surface area contributed by atoms with Gasteiger partial charge in [-0.05, 0) is 25.1 Å². The fourth-order valence-electron chi connectivity index (χ4n) is 2.63. The number of fused-ring (bicyclic) bond motifs is 1. The van der Waals surface area contributed by atoms with Crippen LogP contribution in [-0.4, -0.2) is 37.2 Å². The number of nitro groups is 1. The normalized spacial score (nSPS) is 10.8. The van der Waals surface area contributed by atoms with Gasteiger partial charge in [-0.3, -0.25) is 14.9 Å². The van der Waals surface area contributed by atoms with E-state index in [1.54, 1.807) is 28.8 Å². The summed E-state index contributed by atoms with van der Waals surface area (Å²) in [5.74, 6) is 0.296. The van der Waals surface area contributed by atoms with Crippen molar-refractivity contribution in [1.82, 2.24) is 19.8 Å². The van der Waals surface area contributed by atoms with Gasteiger partial charge >= 0.3 is 5.69 Å². The van der Waals surface area contributed by atoms with E-state index in [1.807, 2.05) is 13.0 Å². The Bertz CT molecular complexity index is 1220. The van der Waals surface area contributed by atoms with E-state index < -0.39 is 10.8 Å². The molecule has 0 aliphatic heterocycles. The molecule has 0 aliphatic rings. The fourth-order valence-corrected chi connectivity index (χ4v) is 3.51. The summed E-state index contributed by atoms with van der Waals surface area (Å²) in [4.78, 5) is 23.4. The molecule has 1 N–H and O–H groups in total. The second-order valence-corrected chi connectivity index (χ2v) is 6.95. The molecule has 0 aliphatic carbocycles. The Morgan fingerprint density at radius 3 is 2.86 bits per heavy atom. The number of nitrogens with zero attached hydrogens (tertiary/aromatic N) is 5. The number of nitrogens with one attached hydrogen (secondary N) is 1. The number of carbonyl (C=O) groups excluding carboxylic acids is 1. The van der Waals surface area contributed by atoms with Crippen molar-refractivity contribution < 1.29 is 14.5 Å². The molecular weight excluding hydrogens is 396 g/mol. The van der Waals surface area contributed by atoms with E-state index in [0.29, 0.717) is 16.5 Å². The zero-order valence-corrected chi connectivity index (χ0v) is 15.9. The fraction of sp³-hybridized carbons (Fsp3) is 0.111. The number of hydrogen-bond acceptors (Lipinski definition) is 8. The minimum absolute atomic E-state index is 0.0384. The van der Waals surface area contributed by atoms with Crippen LogP contribution in [0, 0.1) is 17.0 Å². The largest absolute Gasteiger partial charge is 0.477 e. The topological polar surface area (TPSA) is 125 Å². The van der Waals surface area contributed by atoms with Crippen molar-refractivity contribution in [3.05, 3.63) is 64.5 Å². The average molecular weight is 410 g/mol. The number of anilines is 1. The SMILES string of the molecule is Cc1nnc2sc(-c3cccc(NC(=O)COc4ccccc4[N+](=O)[O-])c3)nn12. The second kappa shape index (κ2) is 7.64. The molecule has 0 spiro atoms. The Hall–Kier alpha value is -3.86. The summed E-state index contributed by atoms with van der Waals surface area (Å²) in [6, 6.07) is 13.1. The molecule has 0 saturated carbocycles. The molecule has 11 heteroatoms. The van der Waals surface area contributed by atoms with Gasteiger partial charge in [0.2, 0.25) is 4.96 Å². The van der Waals surface area contributed by atoms with Crippen molar-refractivity contribution in [2.75, 3.05) is 11.9 Å². The number of rotatable bonds is 6. The maximum atomic E-state index is 12.2. The van der Waals surface area contributed by atoms with Crippen LogP contribution >= 0.6 is 11.3 Å². The van der Waals surface area contributed by atoms with Crippen molar-refractivity contribution in [3.63, 3.8) is 0 Å². The predicted octanol–water partition coefficient (Wildman–Crippen LogP) is 3.09. The molecule has 0 unspecified atom stereocenters. The van der Waals surface area contributed by atoms with Crippen LogP contribution < -0.4 is 10.1 Å². The molecule has 0 fully saturated rings. The van der Waals surface area contributed by atoms with Crippen molar-refractivity contribution in [2.45, 2.75) is 6.92 Å².